The second-order valence-corrected chi connectivity index (χ2v) is 3.12. The summed E-state index contributed by atoms with van der Waals surface area (Å²) in [7, 11) is 0. The lowest BCUT2D eigenvalue weighted by Gasteiger charge is -2.39. The molecule has 0 aromatic heterocycles. The van der Waals surface area contributed by atoms with E-state index in [9.17, 15) is 10.2 Å². The van der Waals surface area contributed by atoms with E-state index in [0.717, 1.165) is 0 Å². The SMILES string of the molecule is C[C@@H]1O[C@H](CO)[C@@H](O)[C@H](N)[C@H]1O. The first-order valence-electron chi connectivity index (χ1n) is 3.96. The second kappa shape index (κ2) is 3.68. The van der Waals surface area contributed by atoms with Gasteiger partial charge in [-0.15, -0.1) is 0 Å². The van der Waals surface area contributed by atoms with Crippen LogP contribution in [0.1, 0.15) is 6.92 Å². The number of aliphatic hydroxyl groups is 3. The van der Waals surface area contributed by atoms with Gasteiger partial charge in [-0.05, 0) is 6.92 Å². The van der Waals surface area contributed by atoms with Gasteiger partial charge in [-0.1, -0.05) is 0 Å². The number of aliphatic hydroxyl groups excluding tert-OH is 3. The van der Waals surface area contributed by atoms with Crippen LogP contribution in [0.4, 0.5) is 0 Å². The van der Waals surface area contributed by atoms with E-state index in [4.69, 9.17) is 15.6 Å². The zero-order valence-corrected chi connectivity index (χ0v) is 6.92. The van der Waals surface area contributed by atoms with E-state index in [1.807, 2.05) is 0 Å². The highest BCUT2D eigenvalue weighted by Gasteiger charge is 2.39. The van der Waals surface area contributed by atoms with Gasteiger partial charge in [0.2, 0.25) is 0 Å². The molecule has 1 rings (SSSR count). The molecule has 0 amide bonds. The molecule has 72 valence electrons. The molecule has 0 aromatic rings. The lowest BCUT2D eigenvalue weighted by Crippen LogP contribution is -2.61. The van der Waals surface area contributed by atoms with Gasteiger partial charge in [0, 0.05) is 0 Å². The zero-order chi connectivity index (χ0) is 9.30. The standard InChI is InChI=1S/C7H15NO4/c1-3-6(10)5(8)7(11)4(2-9)12-3/h3-7,9-11H,2,8H2,1H3/t3-,4+,5+,6-,7+/m0/s1. The summed E-state index contributed by atoms with van der Waals surface area (Å²) in [5.74, 6) is 0. The third-order valence-corrected chi connectivity index (χ3v) is 2.22. The third kappa shape index (κ3) is 1.60. The van der Waals surface area contributed by atoms with E-state index in [2.05, 4.69) is 0 Å². The first-order chi connectivity index (χ1) is 5.57. The van der Waals surface area contributed by atoms with Crippen molar-refractivity contribution in [2.75, 3.05) is 6.61 Å². The highest BCUT2D eigenvalue weighted by Crippen LogP contribution is 2.18. The van der Waals surface area contributed by atoms with Gasteiger partial charge in [0.05, 0.1) is 24.9 Å². The molecule has 1 heterocycles. The Labute approximate surface area is 70.8 Å². The van der Waals surface area contributed by atoms with Gasteiger partial charge in [-0.3, -0.25) is 0 Å². The van der Waals surface area contributed by atoms with Gasteiger partial charge in [0.25, 0.3) is 0 Å². The molecule has 5 nitrogen and oxygen atoms in total. The summed E-state index contributed by atoms with van der Waals surface area (Å²) in [6.45, 7) is 1.37. The fourth-order valence-corrected chi connectivity index (χ4v) is 1.35. The highest BCUT2D eigenvalue weighted by molar-refractivity contribution is 4.92. The Morgan fingerprint density at radius 2 is 1.92 bits per heavy atom. The molecule has 5 heteroatoms. The maximum Gasteiger partial charge on any atom is 0.108 e. The maximum absolute atomic E-state index is 9.36. The molecule has 0 unspecified atom stereocenters. The summed E-state index contributed by atoms with van der Waals surface area (Å²) in [6, 6.07) is -0.745. The minimum atomic E-state index is -0.999. The number of hydrogen-bond acceptors (Lipinski definition) is 5. The van der Waals surface area contributed by atoms with Crippen molar-refractivity contribution < 1.29 is 20.1 Å². The molecule has 5 atom stereocenters. The van der Waals surface area contributed by atoms with Crippen molar-refractivity contribution in [3.8, 4) is 0 Å². The molecule has 1 fully saturated rings. The normalized spacial score (nSPS) is 49.2. The highest BCUT2D eigenvalue weighted by atomic mass is 16.5. The number of nitrogens with two attached hydrogens (primary N) is 1. The first-order valence-corrected chi connectivity index (χ1v) is 3.96. The maximum atomic E-state index is 9.36. The minimum Gasteiger partial charge on any atom is -0.394 e. The van der Waals surface area contributed by atoms with Gasteiger partial charge < -0.3 is 25.8 Å². The van der Waals surface area contributed by atoms with Crippen LogP contribution >= 0.6 is 0 Å². The van der Waals surface area contributed by atoms with E-state index < -0.39 is 30.5 Å². The summed E-state index contributed by atoms with van der Waals surface area (Å²) in [6.07, 6.45) is -3.00. The van der Waals surface area contributed by atoms with Crippen LogP contribution in [0.15, 0.2) is 0 Å². The quantitative estimate of drug-likeness (QED) is 0.365. The zero-order valence-electron chi connectivity index (χ0n) is 6.92. The Morgan fingerprint density at radius 1 is 1.33 bits per heavy atom. The van der Waals surface area contributed by atoms with Crippen molar-refractivity contribution in [3.63, 3.8) is 0 Å². The molecule has 0 aromatic carbocycles. The minimum absolute atomic E-state index is 0.286. The first kappa shape index (κ1) is 9.88. The van der Waals surface area contributed by atoms with Gasteiger partial charge in [0.1, 0.15) is 12.2 Å². The van der Waals surface area contributed by atoms with Crippen LogP contribution in [0.25, 0.3) is 0 Å². The van der Waals surface area contributed by atoms with Gasteiger partial charge in [-0.2, -0.15) is 0 Å². The van der Waals surface area contributed by atoms with Crippen LogP contribution in [0.2, 0.25) is 0 Å². The molecule has 12 heavy (non-hydrogen) atoms. The number of hydrogen-bond donors (Lipinski definition) is 4. The summed E-state index contributed by atoms with van der Waals surface area (Å²) in [5.41, 5.74) is 5.49. The van der Waals surface area contributed by atoms with E-state index >= 15 is 0 Å². The monoisotopic (exact) mass is 177 g/mol. The summed E-state index contributed by atoms with van der Waals surface area (Å²) in [4.78, 5) is 0. The van der Waals surface area contributed by atoms with Gasteiger partial charge in [-0.25, -0.2) is 0 Å². The molecule has 0 radical (unpaired) electrons. The van der Waals surface area contributed by atoms with E-state index in [-0.39, 0.29) is 6.61 Å². The third-order valence-electron chi connectivity index (χ3n) is 2.22. The molecule has 1 aliphatic heterocycles. The number of ether oxygens (including phenoxy) is 1. The predicted octanol–water partition coefficient (Wildman–Crippen LogP) is -2.18. The molecular formula is C7H15NO4. The molecule has 5 N–H and O–H groups in total. The van der Waals surface area contributed by atoms with E-state index in [1.54, 1.807) is 6.92 Å². The summed E-state index contributed by atoms with van der Waals surface area (Å²) in [5, 5.41) is 27.5. The molecule has 1 aliphatic rings. The fraction of sp³-hybridized carbons (Fsp3) is 1.00. The Hall–Kier alpha value is -0.200. The van der Waals surface area contributed by atoms with Gasteiger partial charge in [0.15, 0.2) is 0 Å². The molecular weight excluding hydrogens is 162 g/mol. The largest absolute Gasteiger partial charge is 0.394 e. The average molecular weight is 177 g/mol. The van der Waals surface area contributed by atoms with Crippen LogP contribution in [0.5, 0.6) is 0 Å². The topological polar surface area (TPSA) is 95.9 Å². The Morgan fingerprint density at radius 3 is 2.42 bits per heavy atom. The van der Waals surface area contributed by atoms with Crippen molar-refractivity contribution in [1.29, 1.82) is 0 Å². The van der Waals surface area contributed by atoms with Crippen molar-refractivity contribution in [1.82, 2.24) is 0 Å². The van der Waals surface area contributed by atoms with Crippen molar-refractivity contribution >= 4 is 0 Å². The van der Waals surface area contributed by atoms with Crippen LogP contribution in [0.3, 0.4) is 0 Å². The van der Waals surface area contributed by atoms with Crippen LogP contribution in [0, 0.1) is 0 Å². The lowest BCUT2D eigenvalue weighted by molar-refractivity contribution is -0.182. The van der Waals surface area contributed by atoms with E-state index in [0.29, 0.717) is 0 Å². The molecule has 0 bridgehead atoms. The smallest absolute Gasteiger partial charge is 0.108 e. The van der Waals surface area contributed by atoms with Crippen molar-refractivity contribution in [2.24, 2.45) is 5.73 Å². The van der Waals surface area contributed by atoms with Crippen molar-refractivity contribution in [3.05, 3.63) is 0 Å². The predicted molar refractivity (Wildman–Crippen MR) is 41.4 cm³/mol. The number of rotatable bonds is 1. The van der Waals surface area contributed by atoms with E-state index in [1.165, 1.54) is 0 Å². The molecule has 0 saturated carbocycles. The lowest BCUT2D eigenvalue weighted by atomic mass is 9.94. The molecule has 0 aliphatic carbocycles. The summed E-state index contributed by atoms with van der Waals surface area (Å²) < 4.78 is 5.10. The Kier molecular flexibility index (Phi) is 3.03. The van der Waals surface area contributed by atoms with Crippen LogP contribution in [-0.4, -0.2) is 52.4 Å². The summed E-state index contributed by atoms with van der Waals surface area (Å²) >= 11 is 0. The van der Waals surface area contributed by atoms with Crippen LogP contribution < -0.4 is 5.73 Å². The van der Waals surface area contributed by atoms with Crippen molar-refractivity contribution in [2.45, 2.75) is 37.4 Å². The molecule has 1 saturated heterocycles. The van der Waals surface area contributed by atoms with Gasteiger partial charge >= 0.3 is 0 Å². The average Bonchev–Trinajstić information content (AvgIpc) is 2.08. The fourth-order valence-electron chi connectivity index (χ4n) is 1.35. The van der Waals surface area contributed by atoms with Crippen LogP contribution in [-0.2, 0) is 4.74 Å². The second-order valence-electron chi connectivity index (χ2n) is 3.12. The molecule has 0 spiro atoms. The Bertz CT molecular complexity index is 150. The Balaban J connectivity index is 2.63.